The van der Waals surface area contributed by atoms with E-state index < -0.39 is 41.1 Å². The summed E-state index contributed by atoms with van der Waals surface area (Å²) in [6.07, 6.45) is 0.249. The number of carbonyl (C=O) groups excluding carboxylic acids is 1. The van der Waals surface area contributed by atoms with E-state index in [4.69, 9.17) is 16.7 Å². The molecule has 1 heterocycles. The van der Waals surface area contributed by atoms with E-state index in [1.54, 1.807) is 0 Å². The third kappa shape index (κ3) is 4.97. The lowest BCUT2D eigenvalue weighted by molar-refractivity contribution is -0.385. The fourth-order valence-electron chi connectivity index (χ4n) is 1.50. The van der Waals surface area contributed by atoms with Crippen LogP contribution in [0.3, 0.4) is 0 Å². The number of carboxylic acid groups (broad SMARTS) is 1. The molecule has 0 saturated heterocycles. The van der Waals surface area contributed by atoms with Gasteiger partial charge in [-0.3, -0.25) is 19.7 Å². The standard InChI is InChI=1S/C11H12ClN3O6/c1-11(19,3-9(16)17)5-14-10(18)6-2-8(12)13-4-7(6)15(20)21/h2,4,19H,3,5H2,1H3,(H,14,18)(H,16,17). The average Bonchev–Trinajstić information content (AvgIpc) is 2.34. The Morgan fingerprint density at radius 2 is 2.19 bits per heavy atom. The summed E-state index contributed by atoms with van der Waals surface area (Å²) in [5.41, 5.74) is -2.56. The Labute approximate surface area is 123 Å². The van der Waals surface area contributed by atoms with Crippen LogP contribution in [-0.2, 0) is 4.79 Å². The first-order valence-corrected chi connectivity index (χ1v) is 6.02. The van der Waals surface area contributed by atoms with E-state index in [2.05, 4.69) is 10.3 Å². The fraction of sp³-hybridized carbons (Fsp3) is 0.364. The smallest absolute Gasteiger partial charge is 0.306 e. The van der Waals surface area contributed by atoms with Gasteiger partial charge in [-0.25, -0.2) is 4.98 Å². The van der Waals surface area contributed by atoms with E-state index in [1.165, 1.54) is 6.92 Å². The molecule has 0 aliphatic carbocycles. The first-order valence-electron chi connectivity index (χ1n) is 5.65. The Bertz CT molecular complexity index is 589. The maximum Gasteiger partial charge on any atom is 0.306 e. The summed E-state index contributed by atoms with van der Waals surface area (Å²) in [5, 5.41) is 31.3. The van der Waals surface area contributed by atoms with Gasteiger partial charge in [0.1, 0.15) is 16.9 Å². The molecule has 9 nitrogen and oxygen atoms in total. The van der Waals surface area contributed by atoms with Crippen molar-refractivity contribution in [1.82, 2.24) is 10.3 Å². The Hall–Kier alpha value is -2.26. The highest BCUT2D eigenvalue weighted by Crippen LogP contribution is 2.20. The van der Waals surface area contributed by atoms with Crippen LogP contribution in [0.15, 0.2) is 12.3 Å². The highest BCUT2D eigenvalue weighted by molar-refractivity contribution is 6.29. The molecule has 10 heteroatoms. The fourth-order valence-corrected chi connectivity index (χ4v) is 1.66. The number of nitrogens with one attached hydrogen (secondary N) is 1. The molecule has 0 radical (unpaired) electrons. The van der Waals surface area contributed by atoms with E-state index in [9.17, 15) is 24.8 Å². The zero-order valence-corrected chi connectivity index (χ0v) is 11.6. The highest BCUT2D eigenvalue weighted by Gasteiger charge is 2.27. The van der Waals surface area contributed by atoms with Crippen molar-refractivity contribution in [2.24, 2.45) is 0 Å². The van der Waals surface area contributed by atoms with Crippen molar-refractivity contribution in [3.8, 4) is 0 Å². The Morgan fingerprint density at radius 3 is 2.71 bits per heavy atom. The number of aliphatic carboxylic acids is 1. The molecule has 1 unspecified atom stereocenters. The summed E-state index contributed by atoms with van der Waals surface area (Å²) in [5.74, 6) is -2.11. The lowest BCUT2D eigenvalue weighted by atomic mass is 10.0. The van der Waals surface area contributed by atoms with Gasteiger partial charge in [-0.15, -0.1) is 0 Å². The van der Waals surface area contributed by atoms with Crippen molar-refractivity contribution in [3.63, 3.8) is 0 Å². The van der Waals surface area contributed by atoms with Crippen molar-refractivity contribution in [1.29, 1.82) is 0 Å². The molecule has 0 aliphatic rings. The SMILES string of the molecule is CC(O)(CNC(=O)c1cc(Cl)ncc1[N+](=O)[O-])CC(=O)O. The number of aromatic nitrogens is 1. The van der Waals surface area contributed by atoms with Gasteiger partial charge in [-0.2, -0.15) is 0 Å². The van der Waals surface area contributed by atoms with Crippen LogP contribution in [0.1, 0.15) is 23.7 Å². The number of pyridine rings is 1. The van der Waals surface area contributed by atoms with Crippen LogP contribution in [0, 0.1) is 10.1 Å². The molecule has 0 saturated carbocycles. The third-order valence-corrected chi connectivity index (χ3v) is 2.66. The molecule has 1 aromatic heterocycles. The Morgan fingerprint density at radius 1 is 1.57 bits per heavy atom. The minimum Gasteiger partial charge on any atom is -0.481 e. The summed E-state index contributed by atoms with van der Waals surface area (Å²) < 4.78 is 0. The molecule has 114 valence electrons. The molecule has 21 heavy (non-hydrogen) atoms. The average molecular weight is 318 g/mol. The number of aliphatic hydroxyl groups is 1. The van der Waals surface area contributed by atoms with Gasteiger partial charge >= 0.3 is 5.97 Å². The number of nitro groups is 1. The highest BCUT2D eigenvalue weighted by atomic mass is 35.5. The predicted molar refractivity (Wildman–Crippen MR) is 71.1 cm³/mol. The minimum absolute atomic E-state index is 0.108. The second-order valence-electron chi connectivity index (χ2n) is 4.53. The number of carboxylic acids is 1. The van der Waals surface area contributed by atoms with Gasteiger partial charge in [0, 0.05) is 6.54 Å². The van der Waals surface area contributed by atoms with Gasteiger partial charge in [0.25, 0.3) is 11.6 Å². The van der Waals surface area contributed by atoms with Gasteiger partial charge < -0.3 is 15.5 Å². The number of hydrogen-bond acceptors (Lipinski definition) is 6. The number of halogens is 1. The first kappa shape index (κ1) is 16.8. The summed E-state index contributed by atoms with van der Waals surface area (Å²) in [6, 6.07) is 1.01. The zero-order chi connectivity index (χ0) is 16.2. The van der Waals surface area contributed by atoms with Crippen molar-refractivity contribution in [3.05, 3.63) is 33.1 Å². The number of rotatable bonds is 6. The Balaban J connectivity index is 2.88. The number of hydrogen-bond donors (Lipinski definition) is 3. The van der Waals surface area contributed by atoms with Gasteiger partial charge in [0.2, 0.25) is 0 Å². The molecule has 0 aromatic carbocycles. The van der Waals surface area contributed by atoms with E-state index in [0.717, 1.165) is 12.3 Å². The largest absolute Gasteiger partial charge is 0.481 e. The molecular weight excluding hydrogens is 306 g/mol. The number of amides is 1. The first-order chi connectivity index (χ1) is 9.62. The molecular formula is C11H12ClN3O6. The van der Waals surface area contributed by atoms with Gasteiger partial charge in [-0.05, 0) is 13.0 Å². The van der Waals surface area contributed by atoms with Crippen molar-refractivity contribution < 1.29 is 24.7 Å². The van der Waals surface area contributed by atoms with E-state index in [1.807, 2.05) is 0 Å². The van der Waals surface area contributed by atoms with Gasteiger partial charge in [0.15, 0.2) is 0 Å². The molecule has 0 bridgehead atoms. The second kappa shape index (κ2) is 6.46. The van der Waals surface area contributed by atoms with Crippen LogP contribution in [0.4, 0.5) is 5.69 Å². The van der Waals surface area contributed by atoms with Crippen LogP contribution in [0.25, 0.3) is 0 Å². The van der Waals surface area contributed by atoms with Crippen molar-refractivity contribution in [2.45, 2.75) is 18.9 Å². The molecule has 3 N–H and O–H groups in total. The molecule has 1 atom stereocenters. The van der Waals surface area contributed by atoms with E-state index >= 15 is 0 Å². The predicted octanol–water partition coefficient (Wildman–Crippen LogP) is 0.599. The molecule has 0 spiro atoms. The zero-order valence-electron chi connectivity index (χ0n) is 10.9. The maximum absolute atomic E-state index is 11.9. The molecule has 1 rings (SSSR count). The van der Waals surface area contributed by atoms with Gasteiger partial charge in [0.05, 0.1) is 16.9 Å². The van der Waals surface area contributed by atoms with Crippen LogP contribution in [0.2, 0.25) is 5.15 Å². The summed E-state index contributed by atoms with van der Waals surface area (Å²) in [4.78, 5) is 35.9. The summed E-state index contributed by atoms with van der Waals surface area (Å²) in [7, 11) is 0. The van der Waals surface area contributed by atoms with E-state index in [0.29, 0.717) is 0 Å². The normalized spacial score (nSPS) is 13.3. The number of carbonyl (C=O) groups is 2. The van der Waals surface area contributed by atoms with E-state index in [-0.39, 0.29) is 10.7 Å². The molecule has 1 amide bonds. The van der Waals surface area contributed by atoms with Crippen LogP contribution in [0.5, 0.6) is 0 Å². The maximum atomic E-state index is 11.9. The monoisotopic (exact) mass is 317 g/mol. The van der Waals surface area contributed by atoms with Crippen LogP contribution < -0.4 is 5.32 Å². The Kier molecular flexibility index (Phi) is 5.17. The topological polar surface area (TPSA) is 143 Å². The van der Waals surface area contributed by atoms with Gasteiger partial charge in [-0.1, -0.05) is 11.6 Å². The van der Waals surface area contributed by atoms with Crippen LogP contribution in [-0.4, -0.2) is 44.1 Å². The molecule has 0 aliphatic heterocycles. The quantitative estimate of drug-likeness (QED) is 0.396. The minimum atomic E-state index is -1.69. The second-order valence-corrected chi connectivity index (χ2v) is 4.92. The lowest BCUT2D eigenvalue weighted by Gasteiger charge is -2.21. The van der Waals surface area contributed by atoms with Crippen molar-refractivity contribution >= 4 is 29.2 Å². The van der Waals surface area contributed by atoms with Crippen molar-refractivity contribution in [2.75, 3.05) is 6.54 Å². The third-order valence-electron chi connectivity index (χ3n) is 2.45. The summed E-state index contributed by atoms with van der Waals surface area (Å²) in [6.45, 7) is 0.824. The number of nitrogens with zero attached hydrogens (tertiary/aromatic N) is 2. The lowest BCUT2D eigenvalue weighted by Crippen LogP contribution is -2.42. The van der Waals surface area contributed by atoms with Crippen LogP contribution >= 0.6 is 11.6 Å². The summed E-state index contributed by atoms with van der Waals surface area (Å²) >= 11 is 5.58. The molecule has 0 fully saturated rings. The molecule has 1 aromatic rings.